The minimum atomic E-state index is -0.977. The number of fused-ring (bicyclic) bond motifs is 1. The van der Waals surface area contributed by atoms with Crippen molar-refractivity contribution in [2.24, 2.45) is 5.73 Å². The fourth-order valence-corrected chi connectivity index (χ4v) is 3.71. The van der Waals surface area contributed by atoms with Gasteiger partial charge in [0.1, 0.15) is 11.4 Å². The summed E-state index contributed by atoms with van der Waals surface area (Å²) in [4.78, 5) is 12.5. The summed E-state index contributed by atoms with van der Waals surface area (Å²) in [5.74, 6) is -0.722. The predicted molar refractivity (Wildman–Crippen MR) is 110 cm³/mol. The molecule has 0 saturated heterocycles. The quantitative estimate of drug-likeness (QED) is 0.533. The van der Waals surface area contributed by atoms with Crippen LogP contribution in [0.1, 0.15) is 12.5 Å². The standard InChI is InChI=1S/C24H21FN2O/c1-24(23(26)28,16-17-8-4-2-5-9-17)27-13-12-19-14-21(25)20(15-22(19)27)18-10-6-3-7-11-18/h2-15H,16H2,1H3,(H2,26,28). The second-order valence-corrected chi connectivity index (χ2v) is 7.24. The molecule has 0 radical (unpaired) electrons. The molecule has 0 bridgehead atoms. The fourth-order valence-electron chi connectivity index (χ4n) is 3.71. The molecule has 0 saturated carbocycles. The van der Waals surface area contributed by atoms with E-state index in [0.29, 0.717) is 12.0 Å². The monoisotopic (exact) mass is 372 g/mol. The molecule has 3 aromatic carbocycles. The van der Waals surface area contributed by atoms with E-state index in [-0.39, 0.29) is 5.82 Å². The van der Waals surface area contributed by atoms with Crippen molar-refractivity contribution in [2.75, 3.05) is 0 Å². The van der Waals surface area contributed by atoms with E-state index in [1.54, 1.807) is 6.07 Å². The Balaban J connectivity index is 1.88. The first-order valence-corrected chi connectivity index (χ1v) is 9.19. The maximum Gasteiger partial charge on any atom is 0.243 e. The van der Waals surface area contributed by atoms with Gasteiger partial charge in [0.25, 0.3) is 0 Å². The Morgan fingerprint density at radius 1 is 1.00 bits per heavy atom. The van der Waals surface area contributed by atoms with Crippen molar-refractivity contribution in [1.82, 2.24) is 4.57 Å². The number of carbonyl (C=O) groups is 1. The topological polar surface area (TPSA) is 48.0 Å². The Bertz CT molecular complexity index is 1140. The highest BCUT2D eigenvalue weighted by Crippen LogP contribution is 2.32. The molecule has 2 N–H and O–H groups in total. The molecule has 0 aliphatic rings. The third kappa shape index (κ3) is 3.07. The highest BCUT2D eigenvalue weighted by molar-refractivity contribution is 5.90. The van der Waals surface area contributed by atoms with Crippen LogP contribution in [0.2, 0.25) is 0 Å². The second-order valence-electron chi connectivity index (χ2n) is 7.24. The van der Waals surface area contributed by atoms with Crippen molar-refractivity contribution < 1.29 is 9.18 Å². The van der Waals surface area contributed by atoms with Crippen LogP contribution in [0.5, 0.6) is 0 Å². The number of hydrogen-bond acceptors (Lipinski definition) is 1. The molecule has 1 heterocycles. The SMILES string of the molecule is CC(Cc1ccccc1)(C(N)=O)n1ccc2cc(F)c(-c3ccccc3)cc21. The van der Waals surface area contributed by atoms with E-state index in [1.165, 1.54) is 6.07 Å². The molecular formula is C24H21FN2O. The van der Waals surface area contributed by atoms with Gasteiger partial charge in [-0.1, -0.05) is 60.7 Å². The van der Waals surface area contributed by atoms with Gasteiger partial charge in [-0.2, -0.15) is 0 Å². The Labute approximate surface area is 163 Å². The Morgan fingerprint density at radius 2 is 1.64 bits per heavy atom. The summed E-state index contributed by atoms with van der Waals surface area (Å²) in [6.45, 7) is 1.83. The van der Waals surface area contributed by atoms with Crippen LogP contribution >= 0.6 is 0 Å². The Kier molecular flexibility index (Phi) is 4.47. The van der Waals surface area contributed by atoms with Crippen LogP contribution in [-0.2, 0) is 16.8 Å². The van der Waals surface area contributed by atoms with Gasteiger partial charge < -0.3 is 10.3 Å². The summed E-state index contributed by atoms with van der Waals surface area (Å²) in [7, 11) is 0. The van der Waals surface area contributed by atoms with Crippen molar-refractivity contribution in [3.8, 4) is 11.1 Å². The zero-order chi connectivity index (χ0) is 19.7. The molecule has 1 amide bonds. The minimum Gasteiger partial charge on any atom is -0.368 e. The van der Waals surface area contributed by atoms with Gasteiger partial charge in [-0.15, -0.1) is 0 Å². The summed E-state index contributed by atoms with van der Waals surface area (Å²) < 4.78 is 16.6. The lowest BCUT2D eigenvalue weighted by Gasteiger charge is -2.29. The molecule has 4 rings (SSSR count). The summed E-state index contributed by atoms with van der Waals surface area (Å²) in [6, 6.07) is 24.3. The fraction of sp³-hybridized carbons (Fsp3) is 0.125. The normalized spacial score (nSPS) is 13.4. The largest absolute Gasteiger partial charge is 0.368 e. The van der Waals surface area contributed by atoms with Gasteiger partial charge >= 0.3 is 0 Å². The molecule has 0 spiro atoms. The first kappa shape index (κ1) is 18.0. The molecule has 0 aliphatic heterocycles. The van der Waals surface area contributed by atoms with Gasteiger partial charge in [0, 0.05) is 29.1 Å². The average Bonchev–Trinajstić information content (AvgIpc) is 3.11. The van der Waals surface area contributed by atoms with Crippen LogP contribution in [0, 0.1) is 5.82 Å². The van der Waals surface area contributed by atoms with Crippen molar-refractivity contribution in [3.05, 3.63) is 96.4 Å². The lowest BCUT2D eigenvalue weighted by atomic mass is 9.91. The van der Waals surface area contributed by atoms with E-state index in [2.05, 4.69) is 0 Å². The van der Waals surface area contributed by atoms with Crippen LogP contribution in [-0.4, -0.2) is 10.5 Å². The average molecular weight is 372 g/mol. The number of benzene rings is 3. The zero-order valence-electron chi connectivity index (χ0n) is 15.6. The van der Waals surface area contributed by atoms with E-state index in [9.17, 15) is 9.18 Å². The van der Waals surface area contributed by atoms with E-state index in [4.69, 9.17) is 5.73 Å². The molecule has 0 fully saturated rings. The molecule has 1 aromatic heterocycles. The third-order valence-corrected chi connectivity index (χ3v) is 5.32. The molecule has 140 valence electrons. The summed E-state index contributed by atoms with van der Waals surface area (Å²) >= 11 is 0. The summed E-state index contributed by atoms with van der Waals surface area (Å²) in [5, 5.41) is 0.734. The van der Waals surface area contributed by atoms with Crippen LogP contribution in [0.4, 0.5) is 4.39 Å². The van der Waals surface area contributed by atoms with Gasteiger partial charge in [0.15, 0.2) is 0 Å². The third-order valence-electron chi connectivity index (χ3n) is 5.32. The summed E-state index contributed by atoms with van der Waals surface area (Å²) in [5.41, 5.74) is 7.94. The van der Waals surface area contributed by atoms with Crippen molar-refractivity contribution in [2.45, 2.75) is 18.9 Å². The second kappa shape index (κ2) is 6.97. The van der Waals surface area contributed by atoms with Gasteiger partial charge in [0.05, 0.1) is 0 Å². The van der Waals surface area contributed by atoms with E-state index in [0.717, 1.165) is 22.0 Å². The molecule has 28 heavy (non-hydrogen) atoms. The number of rotatable bonds is 5. The first-order chi connectivity index (χ1) is 13.5. The first-order valence-electron chi connectivity index (χ1n) is 9.19. The molecule has 1 unspecified atom stereocenters. The molecule has 3 nitrogen and oxygen atoms in total. The van der Waals surface area contributed by atoms with Crippen LogP contribution in [0.15, 0.2) is 85.1 Å². The summed E-state index contributed by atoms with van der Waals surface area (Å²) in [6.07, 6.45) is 2.26. The Hall–Kier alpha value is -3.40. The van der Waals surface area contributed by atoms with E-state index >= 15 is 0 Å². The van der Waals surface area contributed by atoms with Crippen LogP contribution in [0.25, 0.3) is 22.0 Å². The molecule has 1 atom stereocenters. The smallest absolute Gasteiger partial charge is 0.243 e. The van der Waals surface area contributed by atoms with Gasteiger partial charge in [-0.3, -0.25) is 4.79 Å². The van der Waals surface area contributed by atoms with Crippen LogP contribution < -0.4 is 5.73 Å². The molecule has 4 aromatic rings. The number of primary amides is 1. The number of aromatic nitrogens is 1. The number of nitrogens with two attached hydrogens (primary N) is 1. The number of amides is 1. The maximum atomic E-state index is 14.7. The minimum absolute atomic E-state index is 0.291. The lowest BCUT2D eigenvalue weighted by molar-refractivity contribution is -0.125. The van der Waals surface area contributed by atoms with Gasteiger partial charge in [0.2, 0.25) is 5.91 Å². The highest BCUT2D eigenvalue weighted by Gasteiger charge is 2.34. The van der Waals surface area contributed by atoms with Crippen LogP contribution in [0.3, 0.4) is 0 Å². The predicted octanol–water partition coefficient (Wildman–Crippen LogP) is 4.89. The van der Waals surface area contributed by atoms with Crippen molar-refractivity contribution >= 4 is 16.8 Å². The van der Waals surface area contributed by atoms with Gasteiger partial charge in [-0.05, 0) is 36.2 Å². The highest BCUT2D eigenvalue weighted by atomic mass is 19.1. The molecular weight excluding hydrogens is 351 g/mol. The lowest BCUT2D eigenvalue weighted by Crippen LogP contribution is -2.45. The van der Waals surface area contributed by atoms with Crippen molar-refractivity contribution in [3.63, 3.8) is 0 Å². The number of carbonyl (C=O) groups excluding carboxylic acids is 1. The Morgan fingerprint density at radius 3 is 2.29 bits per heavy atom. The number of nitrogens with zero attached hydrogens (tertiary/aromatic N) is 1. The maximum absolute atomic E-state index is 14.7. The van der Waals surface area contributed by atoms with E-state index < -0.39 is 11.4 Å². The number of hydrogen-bond donors (Lipinski definition) is 1. The van der Waals surface area contributed by atoms with Crippen molar-refractivity contribution in [1.29, 1.82) is 0 Å². The van der Waals surface area contributed by atoms with E-state index in [1.807, 2.05) is 84.4 Å². The molecule has 4 heteroatoms. The zero-order valence-corrected chi connectivity index (χ0v) is 15.6. The number of halogens is 1. The van der Waals surface area contributed by atoms with Gasteiger partial charge in [-0.25, -0.2) is 4.39 Å². The molecule has 0 aliphatic carbocycles.